The average molecular weight is 278 g/mol. The smallest absolute Gasteiger partial charge is 0.269 e. The third kappa shape index (κ3) is 3.34. The molecule has 21 heavy (non-hydrogen) atoms. The van der Waals surface area contributed by atoms with Crippen molar-refractivity contribution in [1.82, 2.24) is 0 Å². The summed E-state index contributed by atoms with van der Waals surface area (Å²) in [6.07, 6.45) is 0. The van der Waals surface area contributed by atoms with Gasteiger partial charge >= 0.3 is 0 Å². The van der Waals surface area contributed by atoms with Gasteiger partial charge in [-0.1, -0.05) is 12.1 Å². The molecule has 0 spiro atoms. The second-order valence-corrected chi connectivity index (χ2v) is 4.26. The van der Waals surface area contributed by atoms with Crippen molar-refractivity contribution in [1.29, 1.82) is 10.5 Å². The first kappa shape index (κ1) is 14.0. The minimum atomic E-state index is -0.445. The summed E-state index contributed by atoms with van der Waals surface area (Å²) in [5.74, 6) is 0. The van der Waals surface area contributed by atoms with Crippen molar-refractivity contribution in [3.05, 3.63) is 69.3 Å². The number of non-ortho nitro benzene ring substituents is 1. The van der Waals surface area contributed by atoms with E-state index in [9.17, 15) is 10.1 Å². The van der Waals surface area contributed by atoms with Gasteiger partial charge in [0.1, 0.15) is 12.1 Å². The van der Waals surface area contributed by atoms with Crippen LogP contribution in [-0.4, -0.2) is 4.92 Å². The van der Waals surface area contributed by atoms with Crippen molar-refractivity contribution in [2.24, 2.45) is 0 Å². The van der Waals surface area contributed by atoms with Crippen LogP contribution in [0.25, 0.3) is 0 Å². The van der Waals surface area contributed by atoms with Gasteiger partial charge in [-0.25, -0.2) is 0 Å². The fourth-order valence-corrected chi connectivity index (χ4v) is 1.83. The van der Waals surface area contributed by atoms with Gasteiger partial charge in [0.05, 0.1) is 16.1 Å². The quantitative estimate of drug-likeness (QED) is 0.684. The van der Waals surface area contributed by atoms with Crippen molar-refractivity contribution in [3.63, 3.8) is 0 Å². The van der Waals surface area contributed by atoms with Gasteiger partial charge in [-0.2, -0.15) is 10.5 Å². The van der Waals surface area contributed by atoms with Crippen LogP contribution in [0.1, 0.15) is 16.7 Å². The molecule has 0 fully saturated rings. The Morgan fingerprint density at radius 1 is 1.10 bits per heavy atom. The van der Waals surface area contributed by atoms with Crippen LogP contribution in [0.2, 0.25) is 0 Å². The number of nitro groups is 1. The normalized spacial score (nSPS) is 9.43. The Hall–Kier alpha value is -3.38. The van der Waals surface area contributed by atoms with Crippen LogP contribution in [0.3, 0.4) is 0 Å². The van der Waals surface area contributed by atoms with E-state index >= 15 is 0 Å². The number of rotatable bonds is 4. The van der Waals surface area contributed by atoms with Gasteiger partial charge in [-0.05, 0) is 23.8 Å². The van der Waals surface area contributed by atoms with Crippen molar-refractivity contribution >= 4 is 11.4 Å². The van der Waals surface area contributed by atoms with E-state index in [1.165, 1.54) is 12.1 Å². The van der Waals surface area contributed by atoms with Crippen LogP contribution in [0.15, 0.2) is 42.5 Å². The lowest BCUT2D eigenvalue weighted by Crippen LogP contribution is -2.01. The van der Waals surface area contributed by atoms with Crippen LogP contribution >= 0.6 is 0 Å². The van der Waals surface area contributed by atoms with E-state index in [1.54, 1.807) is 30.3 Å². The predicted octanol–water partition coefficient (Wildman–Crippen LogP) is 2.95. The Balaban J connectivity index is 2.14. The molecule has 102 valence electrons. The fourth-order valence-electron chi connectivity index (χ4n) is 1.83. The van der Waals surface area contributed by atoms with Crippen LogP contribution in [0.5, 0.6) is 0 Å². The number of nitriles is 2. The molecule has 2 rings (SSSR count). The van der Waals surface area contributed by atoms with Gasteiger partial charge in [0.2, 0.25) is 0 Å². The largest absolute Gasteiger partial charge is 0.381 e. The number of hydrogen-bond donors (Lipinski definition) is 1. The minimum absolute atomic E-state index is 0.0341. The van der Waals surface area contributed by atoms with Gasteiger partial charge in [-0.15, -0.1) is 0 Å². The summed E-state index contributed by atoms with van der Waals surface area (Å²) < 4.78 is 0. The monoisotopic (exact) mass is 278 g/mol. The molecule has 6 nitrogen and oxygen atoms in total. The number of benzene rings is 2. The number of nitrogens with zero attached hydrogens (tertiary/aromatic N) is 3. The molecular weight excluding hydrogens is 268 g/mol. The van der Waals surface area contributed by atoms with E-state index in [4.69, 9.17) is 10.5 Å². The van der Waals surface area contributed by atoms with E-state index in [1.807, 2.05) is 12.1 Å². The number of anilines is 1. The van der Waals surface area contributed by atoms with Crippen LogP contribution in [0, 0.1) is 32.8 Å². The van der Waals surface area contributed by atoms with Crippen molar-refractivity contribution in [2.75, 3.05) is 5.32 Å². The van der Waals surface area contributed by atoms with Crippen LogP contribution < -0.4 is 5.32 Å². The first-order valence-electron chi connectivity index (χ1n) is 6.05. The summed E-state index contributed by atoms with van der Waals surface area (Å²) in [4.78, 5) is 10.3. The summed E-state index contributed by atoms with van der Waals surface area (Å²) in [7, 11) is 0. The van der Waals surface area contributed by atoms with Crippen molar-refractivity contribution in [2.45, 2.75) is 6.54 Å². The first-order chi connectivity index (χ1) is 10.1. The highest BCUT2D eigenvalue weighted by Gasteiger charge is 2.06. The first-order valence-corrected chi connectivity index (χ1v) is 6.05. The molecule has 2 aromatic carbocycles. The Morgan fingerprint density at radius 3 is 2.52 bits per heavy atom. The molecule has 0 bridgehead atoms. The molecule has 0 aliphatic rings. The molecule has 6 heteroatoms. The highest BCUT2D eigenvalue weighted by Crippen LogP contribution is 2.17. The molecule has 0 heterocycles. The molecule has 0 atom stereocenters. The number of nitro benzene ring substituents is 1. The molecule has 0 unspecified atom stereocenters. The molecule has 0 amide bonds. The Kier molecular flexibility index (Phi) is 4.13. The maximum atomic E-state index is 10.7. The van der Waals surface area contributed by atoms with Crippen molar-refractivity contribution < 1.29 is 4.92 Å². The zero-order valence-corrected chi connectivity index (χ0v) is 10.9. The fraction of sp³-hybridized carbons (Fsp3) is 0.0667. The van der Waals surface area contributed by atoms with Gasteiger partial charge in [0.25, 0.3) is 5.69 Å². The lowest BCUT2D eigenvalue weighted by molar-refractivity contribution is -0.384. The Labute approximate surface area is 121 Å². The molecule has 0 aromatic heterocycles. The zero-order chi connectivity index (χ0) is 15.2. The van der Waals surface area contributed by atoms with E-state index in [2.05, 4.69) is 5.32 Å². The van der Waals surface area contributed by atoms with Gasteiger partial charge in [0, 0.05) is 24.4 Å². The van der Waals surface area contributed by atoms with Gasteiger partial charge in [-0.3, -0.25) is 10.1 Å². The third-order valence-electron chi connectivity index (χ3n) is 2.88. The molecule has 2 aromatic rings. The summed E-state index contributed by atoms with van der Waals surface area (Å²) in [6.45, 7) is 0.387. The van der Waals surface area contributed by atoms with Crippen LogP contribution in [-0.2, 0) is 6.54 Å². The van der Waals surface area contributed by atoms with E-state index < -0.39 is 4.92 Å². The zero-order valence-electron chi connectivity index (χ0n) is 10.9. The van der Waals surface area contributed by atoms with Crippen molar-refractivity contribution in [3.8, 4) is 12.1 Å². The Morgan fingerprint density at radius 2 is 1.86 bits per heavy atom. The lowest BCUT2D eigenvalue weighted by Gasteiger charge is -2.07. The average Bonchev–Trinajstić information content (AvgIpc) is 2.52. The highest BCUT2D eigenvalue weighted by molar-refractivity contribution is 5.56. The molecule has 0 aliphatic carbocycles. The summed E-state index contributed by atoms with van der Waals surface area (Å²) in [5.41, 5.74) is 2.08. The predicted molar refractivity (Wildman–Crippen MR) is 76.3 cm³/mol. The van der Waals surface area contributed by atoms with Gasteiger partial charge < -0.3 is 5.32 Å². The van der Waals surface area contributed by atoms with Gasteiger partial charge in [0.15, 0.2) is 0 Å². The standard InChI is InChI=1S/C15H10N4O2/c16-8-12-4-5-14(7-13(12)9-17)18-10-11-2-1-3-15(6-11)19(20)21/h1-7,18H,10H2. The molecule has 0 radical (unpaired) electrons. The van der Waals surface area contributed by atoms with E-state index in [0.717, 1.165) is 5.56 Å². The molecule has 0 saturated heterocycles. The molecule has 1 N–H and O–H groups in total. The second kappa shape index (κ2) is 6.18. The SMILES string of the molecule is N#Cc1ccc(NCc2cccc([N+](=O)[O-])c2)cc1C#N. The lowest BCUT2D eigenvalue weighted by atomic mass is 10.1. The van der Waals surface area contributed by atoms with Crippen LogP contribution in [0.4, 0.5) is 11.4 Å². The summed E-state index contributed by atoms with van der Waals surface area (Å²) in [6, 6.07) is 15.0. The molecular formula is C15H10N4O2. The molecule has 0 aliphatic heterocycles. The topological polar surface area (TPSA) is 103 Å². The van der Waals surface area contributed by atoms with E-state index in [0.29, 0.717) is 23.4 Å². The summed E-state index contributed by atoms with van der Waals surface area (Å²) >= 11 is 0. The maximum Gasteiger partial charge on any atom is 0.269 e. The maximum absolute atomic E-state index is 10.7. The molecule has 0 saturated carbocycles. The number of nitrogens with one attached hydrogen (secondary N) is 1. The minimum Gasteiger partial charge on any atom is -0.381 e. The summed E-state index contributed by atoms with van der Waals surface area (Å²) in [5, 5.41) is 31.6. The third-order valence-corrected chi connectivity index (χ3v) is 2.88. The second-order valence-electron chi connectivity index (χ2n) is 4.26. The van der Waals surface area contributed by atoms with E-state index in [-0.39, 0.29) is 5.69 Å². The number of hydrogen-bond acceptors (Lipinski definition) is 5. The Bertz CT molecular complexity index is 772. The highest BCUT2D eigenvalue weighted by atomic mass is 16.6.